The first-order valence-corrected chi connectivity index (χ1v) is 5.08. The van der Waals surface area contributed by atoms with Crippen molar-refractivity contribution in [1.29, 1.82) is 0 Å². The number of aryl methyl sites for hydroxylation is 1. The molecule has 0 atom stereocenters. The molecule has 14 heavy (non-hydrogen) atoms. The lowest BCUT2D eigenvalue weighted by Crippen LogP contribution is -2.20. The zero-order valence-electron chi connectivity index (χ0n) is 8.96. The summed E-state index contributed by atoms with van der Waals surface area (Å²) in [6.45, 7) is 3.21. The molecule has 0 saturated heterocycles. The molecule has 0 aliphatic carbocycles. The second-order valence-corrected chi connectivity index (χ2v) is 3.60. The van der Waals surface area contributed by atoms with Crippen LogP contribution >= 0.6 is 0 Å². The zero-order valence-corrected chi connectivity index (χ0v) is 8.96. The number of rotatable bonds is 5. The van der Waals surface area contributed by atoms with Gasteiger partial charge in [-0.3, -0.25) is 4.90 Å². The van der Waals surface area contributed by atoms with Gasteiger partial charge in [0, 0.05) is 13.1 Å². The monoisotopic (exact) mass is 195 g/mol. The highest BCUT2D eigenvalue weighted by Crippen LogP contribution is 2.06. The van der Waals surface area contributed by atoms with Crippen molar-refractivity contribution in [3.8, 4) is 0 Å². The Kier molecular flexibility index (Phi) is 4.60. The van der Waals surface area contributed by atoms with E-state index in [1.807, 2.05) is 11.9 Å². The van der Waals surface area contributed by atoms with Crippen LogP contribution in [0.1, 0.15) is 18.1 Å². The van der Waals surface area contributed by atoms with E-state index in [-0.39, 0.29) is 6.67 Å². The highest BCUT2D eigenvalue weighted by Gasteiger charge is 1.99. The number of hydrogen-bond donors (Lipinski definition) is 0. The van der Waals surface area contributed by atoms with Crippen LogP contribution in [-0.2, 0) is 13.0 Å². The maximum Gasteiger partial charge on any atom is 0.102 e. The minimum Gasteiger partial charge on any atom is -0.300 e. The number of hydrogen-bond acceptors (Lipinski definition) is 1. The van der Waals surface area contributed by atoms with Gasteiger partial charge in [0.1, 0.15) is 6.67 Å². The molecular formula is C12H18FN. The number of nitrogens with zero attached hydrogens (tertiary/aromatic N) is 1. The lowest BCUT2D eigenvalue weighted by molar-refractivity contribution is 0.289. The van der Waals surface area contributed by atoms with Gasteiger partial charge in [0.2, 0.25) is 0 Å². The second-order valence-electron chi connectivity index (χ2n) is 3.60. The predicted octanol–water partition coefficient (Wildman–Crippen LogP) is 2.65. The largest absolute Gasteiger partial charge is 0.300 e. The van der Waals surface area contributed by atoms with Gasteiger partial charge in [-0.25, -0.2) is 4.39 Å². The van der Waals surface area contributed by atoms with E-state index < -0.39 is 0 Å². The van der Waals surface area contributed by atoms with E-state index in [1.54, 1.807) is 0 Å². The summed E-state index contributed by atoms with van der Waals surface area (Å²) in [6.07, 6.45) is 1.07. The van der Waals surface area contributed by atoms with E-state index in [2.05, 4.69) is 31.2 Å². The van der Waals surface area contributed by atoms with Gasteiger partial charge in [-0.2, -0.15) is 0 Å². The van der Waals surface area contributed by atoms with E-state index in [9.17, 15) is 4.39 Å². The molecule has 0 bridgehead atoms. The minimum atomic E-state index is -0.274. The summed E-state index contributed by atoms with van der Waals surface area (Å²) in [5.74, 6) is 0. The van der Waals surface area contributed by atoms with Gasteiger partial charge < -0.3 is 0 Å². The molecule has 0 saturated carbocycles. The van der Waals surface area contributed by atoms with Crippen LogP contribution in [0.4, 0.5) is 4.39 Å². The van der Waals surface area contributed by atoms with Gasteiger partial charge >= 0.3 is 0 Å². The predicted molar refractivity (Wildman–Crippen MR) is 58.1 cm³/mol. The van der Waals surface area contributed by atoms with Crippen molar-refractivity contribution in [2.75, 3.05) is 20.3 Å². The van der Waals surface area contributed by atoms with Gasteiger partial charge in [0.05, 0.1) is 0 Å². The number of benzene rings is 1. The first kappa shape index (κ1) is 11.2. The van der Waals surface area contributed by atoms with E-state index >= 15 is 0 Å². The van der Waals surface area contributed by atoms with Crippen LogP contribution < -0.4 is 0 Å². The lowest BCUT2D eigenvalue weighted by Gasteiger charge is -2.14. The molecule has 0 unspecified atom stereocenters. The number of halogens is 1. The van der Waals surface area contributed by atoms with Gasteiger partial charge in [-0.1, -0.05) is 31.2 Å². The van der Waals surface area contributed by atoms with Crippen molar-refractivity contribution >= 4 is 0 Å². The summed E-state index contributed by atoms with van der Waals surface area (Å²) in [4.78, 5) is 1.99. The average Bonchev–Trinajstić information content (AvgIpc) is 2.19. The molecule has 0 spiro atoms. The highest BCUT2D eigenvalue weighted by atomic mass is 19.1. The number of alkyl halides is 1. The fraction of sp³-hybridized carbons (Fsp3) is 0.500. The molecule has 0 aliphatic heterocycles. The summed E-state index contributed by atoms with van der Waals surface area (Å²) in [5.41, 5.74) is 2.60. The molecule has 0 aliphatic rings. The van der Waals surface area contributed by atoms with Crippen LogP contribution in [0.5, 0.6) is 0 Å². The zero-order chi connectivity index (χ0) is 10.4. The van der Waals surface area contributed by atoms with Crippen LogP contribution in [0.15, 0.2) is 24.3 Å². The van der Waals surface area contributed by atoms with Crippen molar-refractivity contribution in [3.63, 3.8) is 0 Å². The minimum absolute atomic E-state index is 0.274. The smallest absolute Gasteiger partial charge is 0.102 e. The van der Waals surface area contributed by atoms with Crippen LogP contribution in [0, 0.1) is 0 Å². The van der Waals surface area contributed by atoms with E-state index in [4.69, 9.17) is 0 Å². The molecule has 2 heteroatoms. The van der Waals surface area contributed by atoms with E-state index in [1.165, 1.54) is 11.1 Å². The molecule has 0 fully saturated rings. The molecule has 0 N–H and O–H groups in total. The molecule has 0 heterocycles. The molecule has 0 amide bonds. The summed E-state index contributed by atoms with van der Waals surface area (Å²) in [6, 6.07) is 8.51. The Morgan fingerprint density at radius 2 is 1.71 bits per heavy atom. The second kappa shape index (κ2) is 5.76. The third-order valence-electron chi connectivity index (χ3n) is 2.35. The van der Waals surface area contributed by atoms with E-state index in [0.29, 0.717) is 6.54 Å². The topological polar surface area (TPSA) is 3.24 Å². The molecule has 1 rings (SSSR count). The Labute approximate surface area is 85.5 Å². The van der Waals surface area contributed by atoms with Crippen LogP contribution in [0.3, 0.4) is 0 Å². The Morgan fingerprint density at radius 1 is 1.14 bits per heavy atom. The molecular weight excluding hydrogens is 177 g/mol. The van der Waals surface area contributed by atoms with Crippen molar-refractivity contribution < 1.29 is 4.39 Å². The molecule has 78 valence electrons. The molecule has 0 radical (unpaired) electrons. The lowest BCUT2D eigenvalue weighted by atomic mass is 10.1. The SMILES string of the molecule is CCc1ccc(CN(C)CCF)cc1. The molecule has 1 aromatic carbocycles. The molecule has 1 nitrogen and oxygen atoms in total. The molecule has 1 aromatic rings. The quantitative estimate of drug-likeness (QED) is 0.698. The summed E-state index contributed by atoms with van der Waals surface area (Å²) in [7, 11) is 1.94. The van der Waals surface area contributed by atoms with Crippen molar-refractivity contribution in [1.82, 2.24) is 4.90 Å². The van der Waals surface area contributed by atoms with Crippen LogP contribution in [-0.4, -0.2) is 25.2 Å². The first-order valence-electron chi connectivity index (χ1n) is 5.08. The van der Waals surface area contributed by atoms with Gasteiger partial charge in [0.15, 0.2) is 0 Å². The Morgan fingerprint density at radius 3 is 2.21 bits per heavy atom. The van der Waals surface area contributed by atoms with Crippen LogP contribution in [0.2, 0.25) is 0 Å². The van der Waals surface area contributed by atoms with Gasteiger partial charge in [-0.05, 0) is 24.6 Å². The Balaban J connectivity index is 2.50. The van der Waals surface area contributed by atoms with Crippen molar-refractivity contribution in [3.05, 3.63) is 35.4 Å². The first-order chi connectivity index (χ1) is 6.76. The van der Waals surface area contributed by atoms with Crippen LogP contribution in [0.25, 0.3) is 0 Å². The third-order valence-corrected chi connectivity index (χ3v) is 2.35. The Bertz CT molecular complexity index is 256. The van der Waals surface area contributed by atoms with E-state index in [0.717, 1.165) is 13.0 Å². The maximum absolute atomic E-state index is 12.0. The van der Waals surface area contributed by atoms with Gasteiger partial charge in [-0.15, -0.1) is 0 Å². The summed E-state index contributed by atoms with van der Waals surface area (Å²) >= 11 is 0. The molecule has 0 aromatic heterocycles. The fourth-order valence-electron chi connectivity index (χ4n) is 1.42. The standard InChI is InChI=1S/C12H18FN/c1-3-11-4-6-12(7-5-11)10-14(2)9-8-13/h4-7H,3,8-10H2,1-2H3. The normalized spacial score (nSPS) is 10.9. The summed E-state index contributed by atoms with van der Waals surface area (Å²) < 4.78 is 12.0. The fourth-order valence-corrected chi connectivity index (χ4v) is 1.42. The third kappa shape index (κ3) is 3.46. The Hall–Kier alpha value is -0.890. The maximum atomic E-state index is 12.0. The average molecular weight is 195 g/mol. The van der Waals surface area contributed by atoms with Crippen molar-refractivity contribution in [2.24, 2.45) is 0 Å². The summed E-state index contributed by atoms with van der Waals surface area (Å²) in [5, 5.41) is 0. The van der Waals surface area contributed by atoms with Gasteiger partial charge in [0.25, 0.3) is 0 Å². The highest BCUT2D eigenvalue weighted by molar-refractivity contribution is 5.22. The van der Waals surface area contributed by atoms with Crippen molar-refractivity contribution in [2.45, 2.75) is 19.9 Å².